The number of hydrogen-bond acceptors (Lipinski definition) is 6. The minimum atomic E-state index is 0.201. The number of carbonyl (C=O) groups is 1. The fourth-order valence-electron chi connectivity index (χ4n) is 5.47. The molecule has 5 heterocycles. The lowest BCUT2D eigenvalue weighted by Gasteiger charge is -2.09. The Morgan fingerprint density at radius 3 is 2.79 bits per heavy atom. The summed E-state index contributed by atoms with van der Waals surface area (Å²) in [6.07, 6.45) is 13.9. The highest BCUT2D eigenvalue weighted by Crippen LogP contribution is 2.31. The molecule has 0 spiro atoms. The number of nitrogens with zero attached hydrogens (tertiary/aromatic N) is 6. The standard InChI is InChI=1S/C29H26N8O/c1-17-15-37(16-32-17)24-8-4-7-23-27(24)34-29(33-23)26-22-11-21(14-31-28(22)36-35-26)20-9-18(12-30-13-20)10-25(38)19-5-2-3-6-19/h4,7-9,11-16,19H,2-3,5-6,10H2,1H3,(H,33,34)(H,31,35,36). The topological polar surface area (TPSA) is 118 Å². The van der Waals surface area contributed by atoms with E-state index in [1.165, 1.54) is 0 Å². The number of ketones is 1. The number of aromatic nitrogens is 8. The van der Waals surface area contributed by atoms with Crippen LogP contribution in [0.3, 0.4) is 0 Å². The van der Waals surface area contributed by atoms with Crippen LogP contribution in [0.25, 0.3) is 50.4 Å². The molecule has 188 valence electrons. The largest absolute Gasteiger partial charge is 0.337 e. The van der Waals surface area contributed by atoms with E-state index in [-0.39, 0.29) is 5.92 Å². The van der Waals surface area contributed by atoms with Crippen molar-refractivity contribution in [3.05, 3.63) is 72.7 Å². The molecule has 9 heteroatoms. The van der Waals surface area contributed by atoms with Crippen LogP contribution in [0.2, 0.25) is 0 Å². The molecule has 0 bridgehead atoms. The molecule has 0 aliphatic heterocycles. The van der Waals surface area contributed by atoms with Crippen LogP contribution in [0.15, 0.2) is 61.4 Å². The number of carbonyl (C=O) groups excluding carboxylic acids is 1. The zero-order valence-electron chi connectivity index (χ0n) is 21.0. The Morgan fingerprint density at radius 2 is 1.95 bits per heavy atom. The molecule has 1 aliphatic rings. The monoisotopic (exact) mass is 502 g/mol. The number of nitrogens with one attached hydrogen (secondary N) is 2. The highest BCUT2D eigenvalue weighted by Gasteiger charge is 2.23. The lowest BCUT2D eigenvalue weighted by Crippen LogP contribution is -2.13. The number of rotatable bonds is 6. The van der Waals surface area contributed by atoms with Gasteiger partial charge in [0.2, 0.25) is 0 Å². The summed E-state index contributed by atoms with van der Waals surface area (Å²) in [5.41, 5.74) is 7.79. The normalized spacial score (nSPS) is 14.1. The van der Waals surface area contributed by atoms with Gasteiger partial charge in [0.1, 0.15) is 17.0 Å². The molecule has 7 rings (SSSR count). The first kappa shape index (κ1) is 22.5. The number of H-pyrrole nitrogens is 2. The van der Waals surface area contributed by atoms with Crippen molar-refractivity contribution in [3.8, 4) is 28.3 Å². The van der Waals surface area contributed by atoms with Crippen LogP contribution in [-0.4, -0.2) is 45.5 Å². The van der Waals surface area contributed by atoms with Crippen molar-refractivity contribution >= 4 is 27.9 Å². The Morgan fingerprint density at radius 1 is 1.08 bits per heavy atom. The quantitative estimate of drug-likeness (QED) is 0.317. The molecule has 0 atom stereocenters. The van der Waals surface area contributed by atoms with Crippen LogP contribution in [0.4, 0.5) is 0 Å². The third-order valence-corrected chi connectivity index (χ3v) is 7.44. The summed E-state index contributed by atoms with van der Waals surface area (Å²) in [5, 5.41) is 8.38. The highest BCUT2D eigenvalue weighted by molar-refractivity contribution is 5.95. The minimum Gasteiger partial charge on any atom is -0.337 e. The molecule has 1 aromatic carbocycles. The lowest BCUT2D eigenvalue weighted by molar-refractivity contribution is -0.122. The van der Waals surface area contributed by atoms with Crippen molar-refractivity contribution < 1.29 is 4.79 Å². The second-order valence-electron chi connectivity index (χ2n) is 10.1. The number of fused-ring (bicyclic) bond motifs is 2. The van der Waals surface area contributed by atoms with E-state index in [9.17, 15) is 4.79 Å². The van der Waals surface area contributed by atoms with E-state index in [0.717, 1.165) is 75.9 Å². The summed E-state index contributed by atoms with van der Waals surface area (Å²) in [6, 6.07) is 10.1. The number of pyridine rings is 2. The van der Waals surface area contributed by atoms with E-state index in [2.05, 4.69) is 30.1 Å². The zero-order valence-corrected chi connectivity index (χ0v) is 21.0. The van der Waals surface area contributed by atoms with Gasteiger partial charge in [0.15, 0.2) is 11.5 Å². The van der Waals surface area contributed by atoms with Gasteiger partial charge in [-0.2, -0.15) is 5.10 Å². The minimum absolute atomic E-state index is 0.201. The number of aromatic amines is 2. The smallest absolute Gasteiger partial charge is 0.181 e. The van der Waals surface area contributed by atoms with E-state index >= 15 is 0 Å². The maximum atomic E-state index is 12.7. The van der Waals surface area contributed by atoms with Crippen LogP contribution in [0.1, 0.15) is 36.9 Å². The molecule has 1 fully saturated rings. The van der Waals surface area contributed by atoms with Crippen molar-refractivity contribution in [2.45, 2.75) is 39.0 Å². The number of aryl methyl sites for hydroxylation is 1. The van der Waals surface area contributed by atoms with Crippen LogP contribution >= 0.6 is 0 Å². The lowest BCUT2D eigenvalue weighted by atomic mass is 9.96. The summed E-state index contributed by atoms with van der Waals surface area (Å²) >= 11 is 0. The number of benzene rings is 1. The van der Waals surface area contributed by atoms with Crippen molar-refractivity contribution in [2.75, 3.05) is 0 Å². The van der Waals surface area contributed by atoms with Crippen LogP contribution < -0.4 is 0 Å². The second kappa shape index (κ2) is 9.02. The van der Waals surface area contributed by atoms with E-state index in [1.54, 1.807) is 18.7 Å². The molecule has 0 saturated heterocycles. The third kappa shape index (κ3) is 3.96. The fourth-order valence-corrected chi connectivity index (χ4v) is 5.47. The molecule has 2 N–H and O–H groups in total. The van der Waals surface area contributed by atoms with Crippen molar-refractivity contribution in [3.63, 3.8) is 0 Å². The SMILES string of the molecule is Cc1cn(-c2cccc3[nH]c(-c4[nH]nc5ncc(-c6cncc(CC(=O)C7CCCC7)c6)cc45)nc23)cn1. The maximum absolute atomic E-state index is 12.7. The second-order valence-corrected chi connectivity index (χ2v) is 10.1. The molecule has 1 aliphatic carbocycles. The summed E-state index contributed by atoms with van der Waals surface area (Å²) in [7, 11) is 0. The number of imidazole rings is 2. The van der Waals surface area contributed by atoms with Crippen molar-refractivity contribution in [1.29, 1.82) is 0 Å². The van der Waals surface area contributed by atoms with Gasteiger partial charge in [-0.15, -0.1) is 0 Å². The van der Waals surface area contributed by atoms with Crippen molar-refractivity contribution in [1.82, 2.24) is 39.7 Å². The molecular weight excluding hydrogens is 476 g/mol. The molecule has 0 unspecified atom stereocenters. The first-order valence-corrected chi connectivity index (χ1v) is 12.9. The van der Waals surface area contributed by atoms with Crippen LogP contribution in [-0.2, 0) is 11.2 Å². The number of Topliss-reactive ketones (excluding diaryl/α,β-unsaturated/α-hetero) is 1. The Balaban J connectivity index is 1.24. The van der Waals surface area contributed by atoms with Gasteiger partial charge in [-0.05, 0) is 49.6 Å². The van der Waals surface area contributed by atoms with E-state index in [4.69, 9.17) is 4.98 Å². The first-order valence-electron chi connectivity index (χ1n) is 12.9. The molecule has 0 amide bonds. The van der Waals surface area contributed by atoms with E-state index in [1.807, 2.05) is 54.2 Å². The van der Waals surface area contributed by atoms with E-state index in [0.29, 0.717) is 23.7 Å². The van der Waals surface area contributed by atoms with Gasteiger partial charge in [0.05, 0.1) is 28.6 Å². The predicted octanol–water partition coefficient (Wildman–Crippen LogP) is 5.36. The van der Waals surface area contributed by atoms with E-state index < -0.39 is 0 Å². The molecular formula is C29H26N8O. The Labute approximate surface area is 218 Å². The molecule has 38 heavy (non-hydrogen) atoms. The summed E-state index contributed by atoms with van der Waals surface area (Å²) in [4.78, 5) is 34.5. The number of para-hydroxylation sites is 1. The Hall–Kier alpha value is -4.66. The van der Waals surface area contributed by atoms with Gasteiger partial charge in [-0.25, -0.2) is 15.0 Å². The van der Waals surface area contributed by atoms with Gasteiger partial charge in [-0.1, -0.05) is 18.9 Å². The third-order valence-electron chi connectivity index (χ3n) is 7.44. The number of hydrogen-bond donors (Lipinski definition) is 2. The molecule has 1 saturated carbocycles. The van der Waals surface area contributed by atoms with Gasteiger partial charge in [-0.3, -0.25) is 14.9 Å². The average Bonchev–Trinajstić information content (AvgIpc) is 3.74. The maximum Gasteiger partial charge on any atom is 0.181 e. The molecule has 0 radical (unpaired) electrons. The van der Waals surface area contributed by atoms with Crippen LogP contribution in [0.5, 0.6) is 0 Å². The first-order chi connectivity index (χ1) is 18.6. The highest BCUT2D eigenvalue weighted by atomic mass is 16.1. The van der Waals surface area contributed by atoms with Crippen LogP contribution in [0, 0.1) is 12.8 Å². The van der Waals surface area contributed by atoms with Gasteiger partial charge in [0, 0.05) is 48.3 Å². The summed E-state index contributed by atoms with van der Waals surface area (Å²) < 4.78 is 1.98. The molecule has 6 aromatic rings. The van der Waals surface area contributed by atoms with Gasteiger partial charge in [0.25, 0.3) is 0 Å². The fraction of sp³-hybridized carbons (Fsp3) is 0.241. The molecule has 9 nitrogen and oxygen atoms in total. The zero-order chi connectivity index (χ0) is 25.6. The molecule has 5 aromatic heterocycles. The average molecular weight is 503 g/mol. The predicted molar refractivity (Wildman–Crippen MR) is 145 cm³/mol. The van der Waals surface area contributed by atoms with Gasteiger partial charge < -0.3 is 9.55 Å². The Bertz CT molecular complexity index is 1800. The van der Waals surface area contributed by atoms with Crippen molar-refractivity contribution in [2.24, 2.45) is 5.92 Å². The Kier molecular flexibility index (Phi) is 5.35. The summed E-state index contributed by atoms with van der Waals surface area (Å²) in [5.74, 6) is 1.20. The summed E-state index contributed by atoms with van der Waals surface area (Å²) in [6.45, 7) is 1.96. The van der Waals surface area contributed by atoms with Gasteiger partial charge >= 0.3 is 0 Å².